The van der Waals surface area contributed by atoms with E-state index in [0.29, 0.717) is 0 Å². The maximum absolute atomic E-state index is 8.48. The van der Waals surface area contributed by atoms with Crippen molar-refractivity contribution in [2.24, 2.45) is 5.10 Å². The first kappa shape index (κ1) is 8.45. The second-order valence-electron chi connectivity index (χ2n) is 1.77. The summed E-state index contributed by atoms with van der Waals surface area (Å²) < 4.78 is 0. The van der Waals surface area contributed by atoms with Crippen LogP contribution in [-0.2, 0) is 0 Å². The normalized spacial score (nSPS) is 13.8. The molecule has 0 amide bonds. The number of nitrogens with zero attached hydrogens (tertiary/aromatic N) is 1. The Labute approximate surface area is 54.7 Å². The van der Waals surface area contributed by atoms with Crippen LogP contribution < -0.4 is 5.43 Å². The van der Waals surface area contributed by atoms with E-state index < -0.39 is 7.12 Å². The maximum Gasteiger partial charge on any atom is 0.460 e. The second-order valence-corrected chi connectivity index (χ2v) is 1.77. The average molecular weight is 130 g/mol. The molecule has 0 aromatic carbocycles. The number of hydrogen-bond acceptors (Lipinski definition) is 4. The SMILES string of the molecule is CN/N=C\C(C)B(O)O. The predicted octanol–water partition coefficient (Wildman–Crippen LogP) is -0.946. The lowest BCUT2D eigenvalue weighted by molar-refractivity contribution is 0.401. The van der Waals surface area contributed by atoms with E-state index in [1.54, 1.807) is 14.0 Å². The van der Waals surface area contributed by atoms with Crippen LogP contribution in [0.2, 0.25) is 5.82 Å². The molecule has 5 heteroatoms. The number of hydrazone groups is 1. The summed E-state index contributed by atoms with van der Waals surface area (Å²) >= 11 is 0. The quantitative estimate of drug-likeness (QED) is 0.262. The van der Waals surface area contributed by atoms with Gasteiger partial charge < -0.3 is 15.5 Å². The fourth-order valence-corrected chi connectivity index (χ4v) is 0.269. The Kier molecular flexibility index (Phi) is 4.08. The first-order valence-electron chi connectivity index (χ1n) is 2.74. The van der Waals surface area contributed by atoms with Crippen molar-refractivity contribution in [2.45, 2.75) is 12.7 Å². The van der Waals surface area contributed by atoms with E-state index in [9.17, 15) is 0 Å². The predicted molar refractivity (Wildman–Crippen MR) is 37.2 cm³/mol. The summed E-state index contributed by atoms with van der Waals surface area (Å²) in [5.41, 5.74) is 2.50. The van der Waals surface area contributed by atoms with Gasteiger partial charge in [0.05, 0.1) is 0 Å². The molecular weight excluding hydrogens is 119 g/mol. The van der Waals surface area contributed by atoms with E-state index in [1.807, 2.05) is 0 Å². The fourth-order valence-electron chi connectivity index (χ4n) is 0.269. The number of hydrogen-bond donors (Lipinski definition) is 3. The maximum atomic E-state index is 8.48. The van der Waals surface area contributed by atoms with Gasteiger partial charge in [-0.05, 0) is 0 Å². The van der Waals surface area contributed by atoms with Crippen LogP contribution in [0.3, 0.4) is 0 Å². The van der Waals surface area contributed by atoms with Gasteiger partial charge in [-0.15, -0.1) is 0 Å². The molecule has 1 unspecified atom stereocenters. The third kappa shape index (κ3) is 3.99. The van der Waals surface area contributed by atoms with Gasteiger partial charge >= 0.3 is 7.12 Å². The molecule has 4 nitrogen and oxygen atoms in total. The molecule has 0 bridgehead atoms. The molecule has 0 radical (unpaired) electrons. The van der Waals surface area contributed by atoms with E-state index >= 15 is 0 Å². The summed E-state index contributed by atoms with van der Waals surface area (Å²) in [6, 6.07) is 0. The van der Waals surface area contributed by atoms with Gasteiger partial charge in [-0.2, -0.15) is 5.10 Å². The molecule has 0 fully saturated rings. The van der Waals surface area contributed by atoms with Crippen molar-refractivity contribution in [3.8, 4) is 0 Å². The summed E-state index contributed by atoms with van der Waals surface area (Å²) in [5, 5.41) is 20.6. The Morgan fingerprint density at radius 2 is 2.22 bits per heavy atom. The van der Waals surface area contributed by atoms with Gasteiger partial charge in [-0.1, -0.05) is 6.92 Å². The summed E-state index contributed by atoms with van der Waals surface area (Å²) in [6.45, 7) is 1.66. The Balaban J connectivity index is 3.48. The zero-order valence-corrected chi connectivity index (χ0v) is 5.57. The Bertz CT molecular complexity index is 96.6. The van der Waals surface area contributed by atoms with Gasteiger partial charge in [0.15, 0.2) is 0 Å². The molecule has 52 valence electrons. The molecule has 0 aliphatic heterocycles. The highest BCUT2D eigenvalue weighted by Crippen LogP contribution is 1.98. The van der Waals surface area contributed by atoms with Crippen molar-refractivity contribution < 1.29 is 10.0 Å². The molecule has 0 spiro atoms. The second kappa shape index (κ2) is 4.35. The van der Waals surface area contributed by atoms with Crippen LogP contribution in [0.25, 0.3) is 0 Å². The van der Waals surface area contributed by atoms with E-state index in [2.05, 4.69) is 10.5 Å². The Morgan fingerprint density at radius 1 is 1.67 bits per heavy atom. The summed E-state index contributed by atoms with van der Waals surface area (Å²) in [7, 11) is 0.328. The highest BCUT2D eigenvalue weighted by Gasteiger charge is 2.14. The van der Waals surface area contributed by atoms with Crippen molar-refractivity contribution in [2.75, 3.05) is 7.05 Å². The van der Waals surface area contributed by atoms with Crippen LogP contribution in [0, 0.1) is 0 Å². The van der Waals surface area contributed by atoms with Gasteiger partial charge in [0, 0.05) is 19.1 Å². The number of nitrogens with one attached hydrogen (secondary N) is 1. The zero-order chi connectivity index (χ0) is 7.28. The lowest BCUT2D eigenvalue weighted by Crippen LogP contribution is -2.19. The first-order valence-corrected chi connectivity index (χ1v) is 2.74. The third-order valence-corrected chi connectivity index (χ3v) is 0.909. The summed E-state index contributed by atoms with van der Waals surface area (Å²) in [6.07, 6.45) is 1.44. The summed E-state index contributed by atoms with van der Waals surface area (Å²) in [5.74, 6) is -0.322. The molecule has 0 saturated heterocycles. The van der Waals surface area contributed by atoms with Crippen LogP contribution in [0.5, 0.6) is 0 Å². The third-order valence-electron chi connectivity index (χ3n) is 0.909. The molecular formula is C4H11BN2O2. The zero-order valence-electron chi connectivity index (χ0n) is 5.57. The van der Waals surface area contributed by atoms with E-state index in [-0.39, 0.29) is 5.82 Å². The highest BCUT2D eigenvalue weighted by atomic mass is 16.4. The van der Waals surface area contributed by atoms with Gasteiger partial charge in [-0.3, -0.25) is 0 Å². The van der Waals surface area contributed by atoms with Crippen LogP contribution in [-0.4, -0.2) is 30.4 Å². The van der Waals surface area contributed by atoms with E-state index in [0.717, 1.165) is 0 Å². The smallest absolute Gasteiger partial charge is 0.427 e. The molecule has 0 aliphatic carbocycles. The molecule has 0 heterocycles. The average Bonchev–Trinajstić information content (AvgIpc) is 1.82. The molecule has 0 aromatic heterocycles. The summed E-state index contributed by atoms with van der Waals surface area (Å²) in [4.78, 5) is 0. The molecule has 3 N–H and O–H groups in total. The van der Waals surface area contributed by atoms with Gasteiger partial charge in [0.1, 0.15) is 0 Å². The monoisotopic (exact) mass is 130 g/mol. The van der Waals surface area contributed by atoms with E-state index in [4.69, 9.17) is 10.0 Å². The van der Waals surface area contributed by atoms with Crippen molar-refractivity contribution in [3.05, 3.63) is 0 Å². The molecule has 0 aliphatic rings. The van der Waals surface area contributed by atoms with Gasteiger partial charge in [0.2, 0.25) is 0 Å². The molecule has 9 heavy (non-hydrogen) atoms. The van der Waals surface area contributed by atoms with Crippen molar-refractivity contribution in [3.63, 3.8) is 0 Å². The molecule has 0 rings (SSSR count). The largest absolute Gasteiger partial charge is 0.460 e. The van der Waals surface area contributed by atoms with Gasteiger partial charge in [0.25, 0.3) is 0 Å². The fraction of sp³-hybridized carbons (Fsp3) is 0.750. The Morgan fingerprint density at radius 3 is 2.56 bits per heavy atom. The number of rotatable bonds is 3. The molecule has 0 saturated carbocycles. The highest BCUT2D eigenvalue weighted by molar-refractivity contribution is 6.47. The molecule has 1 atom stereocenters. The minimum absolute atomic E-state index is 0.322. The lowest BCUT2D eigenvalue weighted by Gasteiger charge is -2.00. The first-order chi connectivity index (χ1) is 4.18. The van der Waals surface area contributed by atoms with Gasteiger partial charge in [-0.25, -0.2) is 0 Å². The van der Waals surface area contributed by atoms with Crippen LogP contribution >= 0.6 is 0 Å². The Hall–Kier alpha value is -0.545. The topological polar surface area (TPSA) is 64.9 Å². The minimum Gasteiger partial charge on any atom is -0.427 e. The van der Waals surface area contributed by atoms with Crippen molar-refractivity contribution in [1.82, 2.24) is 5.43 Å². The van der Waals surface area contributed by atoms with Crippen molar-refractivity contribution >= 4 is 13.3 Å². The molecule has 0 aromatic rings. The standard InChI is InChI=1S/C4H11BN2O2/c1-4(5(8)9)3-7-6-2/h3-4,6,8-9H,1-2H3/b7-3-. The van der Waals surface area contributed by atoms with Crippen LogP contribution in [0.1, 0.15) is 6.92 Å². The van der Waals surface area contributed by atoms with Crippen LogP contribution in [0.4, 0.5) is 0 Å². The van der Waals surface area contributed by atoms with Crippen molar-refractivity contribution in [1.29, 1.82) is 0 Å². The lowest BCUT2D eigenvalue weighted by atomic mass is 9.75. The van der Waals surface area contributed by atoms with Crippen LogP contribution in [0.15, 0.2) is 5.10 Å². The minimum atomic E-state index is -1.32. The van der Waals surface area contributed by atoms with E-state index in [1.165, 1.54) is 6.21 Å².